The first-order chi connectivity index (χ1) is 11.8. The summed E-state index contributed by atoms with van der Waals surface area (Å²) in [7, 11) is 1.62. The number of methoxy groups -OCH3 is 1. The van der Waals surface area contributed by atoms with E-state index in [1.54, 1.807) is 12.0 Å². The summed E-state index contributed by atoms with van der Waals surface area (Å²) in [6, 6.07) is 13.9. The normalized spacial score (nSPS) is 13.9. The highest BCUT2D eigenvalue weighted by atomic mass is 16.5. The molecule has 24 heavy (non-hydrogen) atoms. The highest BCUT2D eigenvalue weighted by Gasteiger charge is 2.22. The number of amides is 1. The molecule has 0 fully saturated rings. The highest BCUT2D eigenvalue weighted by molar-refractivity contribution is 5.78. The van der Waals surface area contributed by atoms with Crippen molar-refractivity contribution in [3.05, 3.63) is 53.7 Å². The van der Waals surface area contributed by atoms with Gasteiger partial charge in [-0.25, -0.2) is 4.98 Å². The van der Waals surface area contributed by atoms with E-state index in [9.17, 15) is 4.79 Å². The lowest BCUT2D eigenvalue weighted by molar-refractivity contribution is -0.133. The van der Waals surface area contributed by atoms with Crippen LogP contribution in [0.15, 0.2) is 42.5 Å². The Morgan fingerprint density at radius 1 is 1.25 bits per heavy atom. The minimum atomic E-state index is -0.0520. The summed E-state index contributed by atoms with van der Waals surface area (Å²) in [4.78, 5) is 18.4. The fourth-order valence-electron chi connectivity index (χ4n) is 2.53. The zero-order chi connectivity index (χ0) is 16.8. The molecule has 1 aromatic heterocycles. The third kappa shape index (κ3) is 4.02. The van der Waals surface area contributed by atoms with E-state index in [0.717, 1.165) is 11.5 Å². The van der Waals surface area contributed by atoms with E-state index in [2.05, 4.69) is 22.4 Å². The fourth-order valence-corrected chi connectivity index (χ4v) is 2.53. The van der Waals surface area contributed by atoms with Crippen molar-refractivity contribution in [3.8, 4) is 5.75 Å². The maximum absolute atomic E-state index is 12.1. The lowest BCUT2D eigenvalue weighted by atomic mass is 10.2. The van der Waals surface area contributed by atoms with Gasteiger partial charge in [-0.15, -0.1) is 0 Å². The monoisotopic (exact) mass is 327 g/mol. The minimum Gasteiger partial charge on any atom is -0.482 e. The number of hydrogen-bond acceptors (Lipinski definition) is 5. The van der Waals surface area contributed by atoms with Crippen LogP contribution in [0.25, 0.3) is 0 Å². The van der Waals surface area contributed by atoms with E-state index in [1.165, 1.54) is 5.56 Å². The standard InChI is InChI=1S/C18H21N3O3/c1-23-10-9-21-12-15-16(24-13-18(21)22)7-8-17(20-15)19-11-14-5-3-2-4-6-14/h2-8H,9-13H2,1H3,(H,19,20). The quantitative estimate of drug-likeness (QED) is 0.880. The number of nitrogens with zero attached hydrogens (tertiary/aromatic N) is 2. The molecule has 0 saturated heterocycles. The van der Waals surface area contributed by atoms with E-state index in [0.29, 0.717) is 32.0 Å². The van der Waals surface area contributed by atoms with Crippen LogP contribution in [-0.2, 0) is 22.6 Å². The molecule has 0 atom stereocenters. The summed E-state index contributed by atoms with van der Waals surface area (Å²) in [6.45, 7) is 2.18. The van der Waals surface area contributed by atoms with Crippen molar-refractivity contribution in [2.75, 3.05) is 32.2 Å². The Bertz CT molecular complexity index is 691. The molecule has 1 aliphatic rings. The van der Waals surface area contributed by atoms with Crippen LogP contribution >= 0.6 is 0 Å². The molecule has 0 unspecified atom stereocenters. The van der Waals surface area contributed by atoms with Crippen molar-refractivity contribution in [1.82, 2.24) is 9.88 Å². The second-order valence-electron chi connectivity index (χ2n) is 5.58. The molecule has 1 N–H and O–H groups in total. The Hall–Kier alpha value is -2.60. The number of hydrogen-bond donors (Lipinski definition) is 1. The summed E-state index contributed by atoms with van der Waals surface area (Å²) in [6.07, 6.45) is 0. The lowest BCUT2D eigenvalue weighted by Gasteiger charge is -2.19. The first kappa shape index (κ1) is 16.3. The summed E-state index contributed by atoms with van der Waals surface area (Å²) in [5.41, 5.74) is 1.94. The summed E-state index contributed by atoms with van der Waals surface area (Å²) in [5.74, 6) is 1.37. The molecule has 0 spiro atoms. The van der Waals surface area contributed by atoms with Gasteiger partial charge in [-0.3, -0.25) is 4.79 Å². The van der Waals surface area contributed by atoms with E-state index in [1.807, 2.05) is 30.3 Å². The molecule has 0 saturated carbocycles. The van der Waals surface area contributed by atoms with Gasteiger partial charge < -0.3 is 19.7 Å². The van der Waals surface area contributed by atoms with Gasteiger partial charge in [0, 0.05) is 20.2 Å². The highest BCUT2D eigenvalue weighted by Crippen LogP contribution is 2.23. The molecule has 1 amide bonds. The average Bonchev–Trinajstić information content (AvgIpc) is 2.78. The molecule has 0 radical (unpaired) electrons. The maximum Gasteiger partial charge on any atom is 0.260 e. The van der Waals surface area contributed by atoms with Crippen LogP contribution in [0.5, 0.6) is 5.75 Å². The van der Waals surface area contributed by atoms with Crippen molar-refractivity contribution in [2.24, 2.45) is 0 Å². The Balaban J connectivity index is 1.71. The van der Waals surface area contributed by atoms with Crippen LogP contribution in [0.1, 0.15) is 11.3 Å². The van der Waals surface area contributed by atoms with Crippen molar-refractivity contribution in [1.29, 1.82) is 0 Å². The molecule has 0 bridgehead atoms. The topological polar surface area (TPSA) is 63.7 Å². The van der Waals surface area contributed by atoms with Crippen molar-refractivity contribution in [3.63, 3.8) is 0 Å². The Labute approximate surface area is 141 Å². The van der Waals surface area contributed by atoms with Crippen molar-refractivity contribution in [2.45, 2.75) is 13.1 Å². The van der Waals surface area contributed by atoms with Crippen LogP contribution in [0, 0.1) is 0 Å². The molecule has 6 heteroatoms. The molecule has 1 aromatic carbocycles. The van der Waals surface area contributed by atoms with Crippen molar-refractivity contribution >= 4 is 11.7 Å². The van der Waals surface area contributed by atoms with E-state index in [-0.39, 0.29) is 12.5 Å². The van der Waals surface area contributed by atoms with Crippen LogP contribution in [0.3, 0.4) is 0 Å². The predicted octanol–water partition coefficient (Wildman–Crippen LogP) is 2.06. The third-order valence-electron chi connectivity index (χ3n) is 3.86. The zero-order valence-electron chi connectivity index (χ0n) is 13.7. The molecular weight excluding hydrogens is 306 g/mol. The number of benzene rings is 1. The zero-order valence-corrected chi connectivity index (χ0v) is 13.7. The Morgan fingerprint density at radius 2 is 2.08 bits per heavy atom. The predicted molar refractivity (Wildman–Crippen MR) is 90.8 cm³/mol. The molecule has 6 nitrogen and oxygen atoms in total. The second-order valence-corrected chi connectivity index (χ2v) is 5.58. The van der Waals surface area contributed by atoms with E-state index < -0.39 is 0 Å². The van der Waals surface area contributed by atoms with Crippen LogP contribution in [0.4, 0.5) is 5.82 Å². The number of aromatic nitrogens is 1. The van der Waals surface area contributed by atoms with Gasteiger partial charge in [0.15, 0.2) is 6.61 Å². The average molecular weight is 327 g/mol. The fraction of sp³-hybridized carbons (Fsp3) is 0.333. The maximum atomic E-state index is 12.1. The number of carbonyl (C=O) groups excluding carboxylic acids is 1. The molecule has 0 aliphatic carbocycles. The first-order valence-electron chi connectivity index (χ1n) is 7.93. The molecule has 2 aromatic rings. The molecule has 1 aliphatic heterocycles. The van der Waals surface area contributed by atoms with Gasteiger partial charge in [0.1, 0.15) is 17.3 Å². The molecular formula is C18H21N3O3. The summed E-state index contributed by atoms with van der Waals surface area (Å²) in [5, 5.41) is 3.31. The van der Waals surface area contributed by atoms with Gasteiger partial charge in [-0.1, -0.05) is 30.3 Å². The van der Waals surface area contributed by atoms with Gasteiger partial charge in [0.05, 0.1) is 13.2 Å². The third-order valence-corrected chi connectivity index (χ3v) is 3.86. The summed E-state index contributed by atoms with van der Waals surface area (Å²) < 4.78 is 10.6. The van der Waals surface area contributed by atoms with Gasteiger partial charge in [0.2, 0.25) is 0 Å². The van der Waals surface area contributed by atoms with E-state index in [4.69, 9.17) is 9.47 Å². The smallest absolute Gasteiger partial charge is 0.260 e. The second kappa shape index (κ2) is 7.79. The van der Waals surface area contributed by atoms with Gasteiger partial charge in [0.25, 0.3) is 5.91 Å². The largest absolute Gasteiger partial charge is 0.482 e. The Kier molecular flexibility index (Phi) is 5.28. The number of pyridine rings is 1. The summed E-state index contributed by atoms with van der Waals surface area (Å²) >= 11 is 0. The van der Waals surface area contributed by atoms with Crippen LogP contribution in [-0.4, -0.2) is 42.7 Å². The number of carbonyl (C=O) groups is 1. The van der Waals surface area contributed by atoms with Gasteiger partial charge in [-0.2, -0.15) is 0 Å². The number of fused-ring (bicyclic) bond motifs is 1. The lowest BCUT2D eigenvalue weighted by Crippen LogP contribution is -2.35. The van der Waals surface area contributed by atoms with Gasteiger partial charge in [-0.05, 0) is 17.7 Å². The minimum absolute atomic E-state index is 0.0369. The number of anilines is 1. The first-order valence-corrected chi connectivity index (χ1v) is 7.93. The van der Waals surface area contributed by atoms with Crippen molar-refractivity contribution < 1.29 is 14.3 Å². The number of ether oxygens (including phenoxy) is 2. The Morgan fingerprint density at radius 3 is 2.88 bits per heavy atom. The molecule has 2 heterocycles. The molecule has 3 rings (SSSR count). The SMILES string of the molecule is COCCN1Cc2nc(NCc3ccccc3)ccc2OCC1=O. The van der Waals surface area contributed by atoms with Gasteiger partial charge >= 0.3 is 0 Å². The number of nitrogens with one attached hydrogen (secondary N) is 1. The number of rotatable bonds is 6. The van der Waals surface area contributed by atoms with E-state index >= 15 is 0 Å². The van der Waals surface area contributed by atoms with Crippen LogP contribution in [0.2, 0.25) is 0 Å². The van der Waals surface area contributed by atoms with Crippen LogP contribution < -0.4 is 10.1 Å². The molecule has 126 valence electrons.